The van der Waals surface area contributed by atoms with Gasteiger partial charge in [0.05, 0.1) is 0 Å². The highest BCUT2D eigenvalue weighted by molar-refractivity contribution is 6.06. The van der Waals surface area contributed by atoms with E-state index in [0.717, 1.165) is 36.0 Å². The number of nitrogens with one attached hydrogen (secondary N) is 2. The van der Waals surface area contributed by atoms with Crippen LogP contribution < -0.4 is 5.32 Å². The number of hydrogen-bond acceptors (Lipinski definition) is 2. The molecule has 2 N–H and O–H groups in total. The standard InChI is InChI=1S/C14H17N3O/c1-17-8-6-10(9-17)16-14(18)12-3-2-4-13-11(12)5-7-15-13/h2-5,7,10,15H,6,8-9H2,1H3,(H,16,18). The van der Waals surface area contributed by atoms with Crippen LogP contribution in [-0.2, 0) is 0 Å². The summed E-state index contributed by atoms with van der Waals surface area (Å²) in [6.45, 7) is 1.99. The van der Waals surface area contributed by atoms with E-state index in [1.165, 1.54) is 0 Å². The monoisotopic (exact) mass is 243 g/mol. The highest BCUT2D eigenvalue weighted by atomic mass is 16.1. The lowest BCUT2D eigenvalue weighted by atomic mass is 10.1. The number of aromatic nitrogens is 1. The maximum absolute atomic E-state index is 12.3. The number of nitrogens with zero attached hydrogens (tertiary/aromatic N) is 1. The van der Waals surface area contributed by atoms with E-state index < -0.39 is 0 Å². The molecule has 4 heteroatoms. The maximum Gasteiger partial charge on any atom is 0.252 e. The van der Waals surface area contributed by atoms with Crippen molar-refractivity contribution in [3.63, 3.8) is 0 Å². The third-order valence-electron chi connectivity index (χ3n) is 3.57. The van der Waals surface area contributed by atoms with Crippen LogP contribution in [-0.4, -0.2) is 42.0 Å². The zero-order chi connectivity index (χ0) is 12.5. The molecule has 1 amide bonds. The number of benzene rings is 1. The summed E-state index contributed by atoms with van der Waals surface area (Å²) in [5.41, 5.74) is 1.76. The fraction of sp³-hybridized carbons (Fsp3) is 0.357. The second kappa shape index (κ2) is 4.46. The summed E-state index contributed by atoms with van der Waals surface area (Å²) in [7, 11) is 2.08. The first kappa shape index (κ1) is 11.3. The Bertz CT molecular complexity index is 575. The highest BCUT2D eigenvalue weighted by Crippen LogP contribution is 2.18. The lowest BCUT2D eigenvalue weighted by Crippen LogP contribution is -2.36. The van der Waals surface area contributed by atoms with Gasteiger partial charge in [0, 0.05) is 35.2 Å². The molecule has 1 aromatic heterocycles. The van der Waals surface area contributed by atoms with Gasteiger partial charge >= 0.3 is 0 Å². The molecule has 1 fully saturated rings. The first-order chi connectivity index (χ1) is 8.74. The van der Waals surface area contributed by atoms with E-state index in [-0.39, 0.29) is 11.9 Å². The number of amides is 1. The first-order valence-corrected chi connectivity index (χ1v) is 6.29. The van der Waals surface area contributed by atoms with E-state index >= 15 is 0 Å². The largest absolute Gasteiger partial charge is 0.361 e. The molecular formula is C14H17N3O. The van der Waals surface area contributed by atoms with Crippen LogP contribution in [0.2, 0.25) is 0 Å². The molecule has 0 saturated carbocycles. The Morgan fingerprint density at radius 1 is 1.44 bits per heavy atom. The summed E-state index contributed by atoms with van der Waals surface area (Å²) in [4.78, 5) is 17.6. The third kappa shape index (κ3) is 1.99. The number of likely N-dealkylation sites (tertiary alicyclic amines) is 1. The molecule has 4 nitrogen and oxygen atoms in total. The van der Waals surface area contributed by atoms with E-state index in [0.29, 0.717) is 0 Å². The molecule has 1 aliphatic heterocycles. The summed E-state index contributed by atoms with van der Waals surface area (Å²) in [6, 6.07) is 8.00. The summed E-state index contributed by atoms with van der Waals surface area (Å²) >= 11 is 0. The van der Waals surface area contributed by atoms with Gasteiger partial charge in [0.25, 0.3) is 5.91 Å². The number of H-pyrrole nitrogens is 1. The molecule has 94 valence electrons. The van der Waals surface area contributed by atoms with Gasteiger partial charge in [-0.15, -0.1) is 0 Å². The molecule has 2 heterocycles. The van der Waals surface area contributed by atoms with Gasteiger partial charge < -0.3 is 15.2 Å². The predicted molar refractivity (Wildman–Crippen MR) is 71.7 cm³/mol. The Morgan fingerprint density at radius 2 is 2.33 bits per heavy atom. The smallest absolute Gasteiger partial charge is 0.252 e. The van der Waals surface area contributed by atoms with Crippen LogP contribution in [0.5, 0.6) is 0 Å². The maximum atomic E-state index is 12.3. The van der Waals surface area contributed by atoms with E-state index in [9.17, 15) is 4.79 Å². The minimum atomic E-state index is 0.0282. The number of hydrogen-bond donors (Lipinski definition) is 2. The lowest BCUT2D eigenvalue weighted by molar-refractivity contribution is 0.0940. The van der Waals surface area contributed by atoms with Crippen molar-refractivity contribution in [3.05, 3.63) is 36.0 Å². The molecule has 2 aromatic rings. The molecule has 0 spiro atoms. The predicted octanol–water partition coefficient (Wildman–Crippen LogP) is 1.60. The van der Waals surface area contributed by atoms with E-state index in [1.807, 2.05) is 30.5 Å². The zero-order valence-corrected chi connectivity index (χ0v) is 10.4. The van der Waals surface area contributed by atoms with Crippen LogP contribution in [0.3, 0.4) is 0 Å². The first-order valence-electron chi connectivity index (χ1n) is 6.29. The Balaban J connectivity index is 1.81. The second-order valence-electron chi connectivity index (χ2n) is 4.97. The van der Waals surface area contributed by atoms with Crippen molar-refractivity contribution >= 4 is 16.8 Å². The van der Waals surface area contributed by atoms with Gasteiger partial charge in [-0.2, -0.15) is 0 Å². The summed E-state index contributed by atoms with van der Waals surface area (Å²) in [6.07, 6.45) is 2.90. The fourth-order valence-electron chi connectivity index (χ4n) is 2.60. The summed E-state index contributed by atoms with van der Waals surface area (Å²) in [5.74, 6) is 0.0282. The van der Waals surface area contributed by atoms with E-state index in [4.69, 9.17) is 0 Å². The SMILES string of the molecule is CN1CCC(NC(=O)c2cccc3[nH]ccc23)C1. The normalized spacial score (nSPS) is 20.4. The molecule has 18 heavy (non-hydrogen) atoms. The lowest BCUT2D eigenvalue weighted by Gasteiger charge is -2.13. The molecule has 0 bridgehead atoms. The van der Waals surface area contributed by atoms with Crippen LogP contribution in [0.15, 0.2) is 30.5 Å². The molecule has 1 saturated heterocycles. The number of likely N-dealkylation sites (N-methyl/N-ethyl adjacent to an activating group) is 1. The van der Waals surface area contributed by atoms with Crippen molar-refractivity contribution in [1.82, 2.24) is 15.2 Å². The van der Waals surface area contributed by atoms with E-state index in [2.05, 4.69) is 22.2 Å². The fourth-order valence-corrected chi connectivity index (χ4v) is 2.60. The van der Waals surface area contributed by atoms with Gasteiger partial charge in [0.1, 0.15) is 0 Å². The van der Waals surface area contributed by atoms with Crippen molar-refractivity contribution < 1.29 is 4.79 Å². The Morgan fingerprint density at radius 3 is 3.11 bits per heavy atom. The minimum absolute atomic E-state index is 0.0282. The number of aromatic amines is 1. The molecule has 3 rings (SSSR count). The molecule has 0 aliphatic carbocycles. The van der Waals surface area contributed by atoms with Gasteiger partial charge in [0.15, 0.2) is 0 Å². The third-order valence-corrected chi connectivity index (χ3v) is 3.57. The van der Waals surface area contributed by atoms with Crippen molar-refractivity contribution in [2.24, 2.45) is 0 Å². The van der Waals surface area contributed by atoms with Crippen LogP contribution in [0.25, 0.3) is 10.9 Å². The van der Waals surface area contributed by atoms with Crippen LogP contribution in [0.1, 0.15) is 16.8 Å². The van der Waals surface area contributed by atoms with Gasteiger partial charge in [-0.05, 0) is 38.2 Å². The zero-order valence-electron chi connectivity index (χ0n) is 10.4. The van der Waals surface area contributed by atoms with Gasteiger partial charge in [-0.1, -0.05) is 6.07 Å². The second-order valence-corrected chi connectivity index (χ2v) is 4.97. The molecule has 1 aliphatic rings. The van der Waals surface area contributed by atoms with Gasteiger partial charge in [-0.25, -0.2) is 0 Å². The average molecular weight is 243 g/mol. The minimum Gasteiger partial charge on any atom is -0.361 e. The number of carbonyl (C=O) groups excluding carboxylic acids is 1. The number of carbonyl (C=O) groups is 1. The summed E-state index contributed by atoms with van der Waals surface area (Å²) < 4.78 is 0. The quantitative estimate of drug-likeness (QED) is 0.841. The molecule has 1 atom stereocenters. The van der Waals surface area contributed by atoms with Crippen LogP contribution >= 0.6 is 0 Å². The van der Waals surface area contributed by atoms with Crippen molar-refractivity contribution in [2.75, 3.05) is 20.1 Å². The van der Waals surface area contributed by atoms with Gasteiger partial charge in [0.2, 0.25) is 0 Å². The van der Waals surface area contributed by atoms with E-state index in [1.54, 1.807) is 0 Å². The summed E-state index contributed by atoms with van der Waals surface area (Å²) in [5, 5.41) is 4.10. The molecule has 0 radical (unpaired) electrons. The van der Waals surface area contributed by atoms with Crippen molar-refractivity contribution in [2.45, 2.75) is 12.5 Å². The topological polar surface area (TPSA) is 48.1 Å². The number of fused-ring (bicyclic) bond motifs is 1. The Hall–Kier alpha value is -1.81. The Kier molecular flexibility index (Phi) is 2.80. The molecule has 1 unspecified atom stereocenters. The van der Waals surface area contributed by atoms with Gasteiger partial charge in [-0.3, -0.25) is 4.79 Å². The highest BCUT2D eigenvalue weighted by Gasteiger charge is 2.22. The van der Waals surface area contributed by atoms with Crippen molar-refractivity contribution in [1.29, 1.82) is 0 Å². The molecule has 1 aromatic carbocycles. The average Bonchev–Trinajstić information content (AvgIpc) is 2.97. The van der Waals surface area contributed by atoms with Crippen molar-refractivity contribution in [3.8, 4) is 0 Å². The number of rotatable bonds is 2. The van der Waals surface area contributed by atoms with Crippen LogP contribution in [0, 0.1) is 0 Å². The Labute approximate surface area is 106 Å². The molecular weight excluding hydrogens is 226 g/mol. The van der Waals surface area contributed by atoms with Crippen LogP contribution in [0.4, 0.5) is 0 Å².